The summed E-state index contributed by atoms with van der Waals surface area (Å²) in [6.45, 7) is 1.51. The van der Waals surface area contributed by atoms with Crippen molar-refractivity contribution in [3.63, 3.8) is 0 Å². The van der Waals surface area contributed by atoms with Crippen LogP contribution in [0, 0.1) is 29.0 Å². The Bertz CT molecular complexity index is 1380. The van der Waals surface area contributed by atoms with Gasteiger partial charge in [-0.05, 0) is 37.0 Å². The molecule has 0 saturated heterocycles. The molecule has 0 radical (unpaired) electrons. The molecule has 1 aliphatic rings. The van der Waals surface area contributed by atoms with E-state index in [-0.39, 0.29) is 47.7 Å². The van der Waals surface area contributed by atoms with Crippen LogP contribution in [0.25, 0.3) is 11.3 Å². The molecule has 14 heteroatoms. The molecule has 1 N–H and O–H groups in total. The number of aromatic nitrogens is 4. The minimum absolute atomic E-state index is 0.0901. The molecule has 0 spiro atoms. The highest BCUT2D eigenvalue weighted by atomic mass is 32.2. The van der Waals surface area contributed by atoms with E-state index in [1.54, 1.807) is 6.92 Å². The summed E-state index contributed by atoms with van der Waals surface area (Å²) < 4.78 is 79.7. The second-order valence-electron chi connectivity index (χ2n) is 9.39. The summed E-state index contributed by atoms with van der Waals surface area (Å²) in [5, 5.41) is 11.7. The van der Waals surface area contributed by atoms with Gasteiger partial charge in [0.2, 0.25) is 16.8 Å². The van der Waals surface area contributed by atoms with Gasteiger partial charge in [0, 0.05) is 59.8 Å². The molecule has 3 heterocycles. The van der Waals surface area contributed by atoms with Crippen LogP contribution in [0.15, 0.2) is 48.0 Å². The Morgan fingerprint density at radius 1 is 1.15 bits per heavy atom. The Kier molecular flexibility index (Phi) is 8.95. The van der Waals surface area contributed by atoms with Crippen molar-refractivity contribution < 1.29 is 31.3 Å². The second-order valence-corrected chi connectivity index (χ2v) is 11.0. The molecule has 210 valence electrons. The maximum atomic E-state index is 15.1. The third-order valence-electron chi connectivity index (χ3n) is 6.78. The zero-order valence-electron chi connectivity index (χ0n) is 21.0. The third kappa shape index (κ3) is 6.71. The molecule has 1 saturated carbocycles. The number of hydrogen-bond acceptors (Lipinski definition) is 7. The number of nitrogens with zero attached hydrogens (tertiary/aromatic N) is 5. The highest BCUT2D eigenvalue weighted by Crippen LogP contribution is 2.36. The molecule has 4 rings (SSSR count). The van der Waals surface area contributed by atoms with Gasteiger partial charge in [-0.25, -0.2) is 23.7 Å². The van der Waals surface area contributed by atoms with Crippen LogP contribution in [0.3, 0.4) is 0 Å². The van der Waals surface area contributed by atoms with Crippen LogP contribution < -0.4 is 5.32 Å². The van der Waals surface area contributed by atoms with E-state index in [4.69, 9.17) is 0 Å². The number of pyridine rings is 2. The van der Waals surface area contributed by atoms with E-state index < -0.39 is 58.2 Å². The molecule has 3 aromatic rings. The number of alkyl halides is 4. The lowest BCUT2D eigenvalue weighted by Crippen LogP contribution is -2.33. The van der Waals surface area contributed by atoms with Crippen molar-refractivity contribution in [1.29, 1.82) is 5.26 Å². The van der Waals surface area contributed by atoms with Crippen molar-refractivity contribution >= 4 is 17.1 Å². The number of rotatable bonds is 6. The molecule has 40 heavy (non-hydrogen) atoms. The molecule has 3 aromatic heterocycles. The summed E-state index contributed by atoms with van der Waals surface area (Å²) >= 11 is -1.70. The zero-order valence-corrected chi connectivity index (χ0v) is 21.8. The lowest BCUT2D eigenvalue weighted by molar-refractivity contribution is -0.145. The topological polar surface area (TPSA) is 128 Å². The number of amides is 1. The average molecular weight is 579 g/mol. The molecule has 0 aromatic carbocycles. The largest absolute Gasteiger partial charge is 0.610 e. The van der Waals surface area contributed by atoms with E-state index >= 15 is 4.39 Å². The van der Waals surface area contributed by atoms with Gasteiger partial charge in [-0.2, -0.15) is 18.4 Å². The maximum absolute atomic E-state index is 15.1. The summed E-state index contributed by atoms with van der Waals surface area (Å²) in [6, 6.07) is 5.82. The Labute approximate surface area is 229 Å². The predicted molar refractivity (Wildman–Crippen MR) is 133 cm³/mol. The van der Waals surface area contributed by atoms with Gasteiger partial charge < -0.3 is 9.87 Å². The van der Waals surface area contributed by atoms with E-state index in [2.05, 4.69) is 25.3 Å². The fourth-order valence-corrected chi connectivity index (χ4v) is 6.06. The smallest absolute Gasteiger partial charge is 0.451 e. The fraction of sp³-hybridized carbons (Fsp3) is 0.385. The predicted octanol–water partition coefficient (Wildman–Crippen LogP) is 4.53. The maximum Gasteiger partial charge on any atom is 0.451 e. The van der Waals surface area contributed by atoms with E-state index in [0.29, 0.717) is 5.56 Å². The van der Waals surface area contributed by atoms with E-state index in [1.807, 2.05) is 6.07 Å². The van der Waals surface area contributed by atoms with Crippen molar-refractivity contribution in [2.45, 2.75) is 55.4 Å². The van der Waals surface area contributed by atoms with Crippen molar-refractivity contribution in [3.05, 3.63) is 65.8 Å². The number of carbonyl (C=O) groups is 1. The summed E-state index contributed by atoms with van der Waals surface area (Å²) in [4.78, 5) is 27.6. The minimum atomic E-state index is -4.70. The first-order chi connectivity index (χ1) is 19.0. The van der Waals surface area contributed by atoms with Gasteiger partial charge in [0.1, 0.15) is 23.3 Å². The van der Waals surface area contributed by atoms with Crippen LogP contribution in [-0.2, 0) is 28.7 Å². The van der Waals surface area contributed by atoms with Gasteiger partial charge in [0.15, 0.2) is 0 Å². The van der Waals surface area contributed by atoms with Crippen LogP contribution in [0.5, 0.6) is 0 Å². The zero-order chi connectivity index (χ0) is 29.0. The summed E-state index contributed by atoms with van der Waals surface area (Å²) in [6.07, 6.45) is -1.59. The van der Waals surface area contributed by atoms with E-state index in [9.17, 15) is 32.2 Å². The first kappa shape index (κ1) is 29.3. The first-order valence-corrected chi connectivity index (χ1v) is 13.4. The minimum Gasteiger partial charge on any atom is -0.610 e. The summed E-state index contributed by atoms with van der Waals surface area (Å²) in [5.41, 5.74) is 0.861. The molecular formula is C26H23F5N6O2S. The Balaban J connectivity index is 1.44. The second kappa shape index (κ2) is 12.2. The standard InChI is InChI=1S/C26H23F5N6O2S/c1-14-20(28)6-15(2-4-22(14)40(39)23-5-3-19(27)13-34-23)24(38)35-9-16-7-21(33-10-17(16)8-32)18-11-36-25(37-12-18)26(29,30)31/h3,5,7,10-15,20,22H,2,4,6,9H2,1H3,(H,35,38)/t14-,15-,20+,22?,40?/m0/s1. The van der Waals surface area contributed by atoms with Gasteiger partial charge in [-0.1, -0.05) is 6.92 Å². The van der Waals surface area contributed by atoms with Gasteiger partial charge in [-0.15, -0.1) is 0 Å². The van der Waals surface area contributed by atoms with Crippen LogP contribution in [0.4, 0.5) is 22.0 Å². The lowest BCUT2D eigenvalue weighted by Gasteiger charge is -2.25. The Morgan fingerprint density at radius 2 is 1.88 bits per heavy atom. The molecule has 0 aliphatic heterocycles. The highest BCUT2D eigenvalue weighted by molar-refractivity contribution is 7.92. The van der Waals surface area contributed by atoms with E-state index in [0.717, 1.165) is 24.7 Å². The van der Waals surface area contributed by atoms with Crippen molar-refractivity contribution in [2.24, 2.45) is 11.8 Å². The fourth-order valence-electron chi connectivity index (χ4n) is 4.48. The van der Waals surface area contributed by atoms with Crippen LogP contribution in [0.1, 0.15) is 43.1 Å². The molecule has 2 unspecified atom stereocenters. The third-order valence-corrected chi connectivity index (χ3v) is 8.65. The van der Waals surface area contributed by atoms with Crippen LogP contribution >= 0.6 is 0 Å². The van der Waals surface area contributed by atoms with Gasteiger partial charge in [-0.3, -0.25) is 9.78 Å². The van der Waals surface area contributed by atoms with Gasteiger partial charge >= 0.3 is 6.18 Å². The number of carbonyl (C=O) groups excluding carboxylic acids is 1. The monoisotopic (exact) mass is 578 g/mol. The first-order valence-electron chi connectivity index (χ1n) is 12.2. The van der Waals surface area contributed by atoms with Crippen molar-refractivity contribution in [3.8, 4) is 17.3 Å². The molecule has 0 bridgehead atoms. The number of nitrogens with one attached hydrogen (secondary N) is 1. The molecule has 5 atom stereocenters. The van der Waals surface area contributed by atoms with Gasteiger partial charge in [0.05, 0.1) is 17.5 Å². The molecular weight excluding hydrogens is 555 g/mol. The van der Waals surface area contributed by atoms with Crippen LogP contribution in [-0.4, -0.2) is 41.8 Å². The molecule has 1 amide bonds. The molecule has 1 aliphatic carbocycles. The number of hydrogen-bond donors (Lipinski definition) is 1. The SMILES string of the molecule is C[C@@H]1C([S+]([O-])c2ccc(F)cn2)CC[C@H](C(=O)NCc2cc(-c3cnc(C(F)(F)F)nc3)ncc2C#N)C[C@H]1F. The molecule has 8 nitrogen and oxygen atoms in total. The normalized spacial score (nSPS) is 22.1. The Morgan fingerprint density at radius 3 is 2.50 bits per heavy atom. The van der Waals surface area contributed by atoms with Crippen molar-refractivity contribution in [2.75, 3.05) is 0 Å². The lowest BCUT2D eigenvalue weighted by atomic mass is 9.96. The number of nitriles is 1. The number of halogens is 5. The summed E-state index contributed by atoms with van der Waals surface area (Å²) in [7, 11) is 0. The van der Waals surface area contributed by atoms with Crippen LogP contribution in [0.2, 0.25) is 0 Å². The highest BCUT2D eigenvalue weighted by Gasteiger charge is 2.41. The van der Waals surface area contributed by atoms with E-state index in [1.165, 1.54) is 18.3 Å². The molecule has 1 fully saturated rings. The average Bonchev–Trinajstić information content (AvgIpc) is 3.09. The quantitative estimate of drug-likeness (QED) is 0.259. The van der Waals surface area contributed by atoms with Gasteiger partial charge in [0.25, 0.3) is 0 Å². The Hall–Kier alpha value is -3.70. The van der Waals surface area contributed by atoms with Crippen molar-refractivity contribution in [1.82, 2.24) is 25.3 Å². The summed E-state index contributed by atoms with van der Waals surface area (Å²) in [5.74, 6) is -3.70.